The number of nitrogens with one attached hydrogen (secondary N) is 6. The lowest BCUT2D eigenvalue weighted by Gasteiger charge is -2.33. The quantitative estimate of drug-likeness (QED) is 0.0274. The largest absolute Gasteiger partial charge is 0.480 e. The fourth-order valence-corrected chi connectivity index (χ4v) is 6.58. The Kier molecular flexibility index (Phi) is 20.1. The third-order valence-electron chi connectivity index (χ3n) is 9.94. The molecule has 2 saturated heterocycles. The van der Waals surface area contributed by atoms with Crippen LogP contribution in [0.2, 0.25) is 0 Å². The molecule has 60 heavy (non-hydrogen) atoms. The molecule has 0 unspecified atom stereocenters. The summed E-state index contributed by atoms with van der Waals surface area (Å²) in [5, 5.41) is 43.9. The topological polar surface area (TPSA) is 383 Å². The van der Waals surface area contributed by atoms with Gasteiger partial charge in [0, 0.05) is 19.6 Å². The van der Waals surface area contributed by atoms with Crippen molar-refractivity contribution in [3.05, 3.63) is 0 Å². The number of carboxylic acid groups (broad SMARTS) is 1. The lowest BCUT2D eigenvalue weighted by atomic mass is 10.0. The number of carbonyl (C=O) groups is 9. The first-order valence-electron chi connectivity index (χ1n) is 19.8. The minimum atomic E-state index is -1.59. The van der Waals surface area contributed by atoms with Crippen LogP contribution in [0, 0.1) is 5.92 Å². The van der Waals surface area contributed by atoms with E-state index in [0.717, 1.165) is 0 Å². The molecule has 0 radical (unpaired) electrons. The standard InChI is InChI=1S/C36H62N12O12/c1-17(2)26(35(59)60)45-30(54)21(9-6-12-40-36(38)39)44-31(55)22(16-49)43-25(51)15-41-29(53)19(4)42-32(56)23-10-7-13-47(23)33(57)24-11-8-14-48(24)34(58)27(20(5)50)46-28(52)18(3)37/h17-24,26-27,49-50H,6-16,37H2,1-5H3,(H,41,53)(H,42,56)(H,43,51)(H,44,55)(H,45,54)(H,46,52)(H,59,60)(H4,38,39,40)/t18-,19-,20+,21-,22-,23-,24-,26-,27-/m0/s1. The number of nitrogens with two attached hydrogens (primary N) is 3. The summed E-state index contributed by atoms with van der Waals surface area (Å²) in [5.41, 5.74) is 16.3. The van der Waals surface area contributed by atoms with Gasteiger partial charge in [-0.1, -0.05) is 13.8 Å². The Morgan fingerprint density at radius 2 is 1.33 bits per heavy atom. The Balaban J connectivity index is 2.00. The molecule has 0 aliphatic carbocycles. The van der Waals surface area contributed by atoms with E-state index in [2.05, 4.69) is 36.9 Å². The summed E-state index contributed by atoms with van der Waals surface area (Å²) in [7, 11) is 0. The van der Waals surface area contributed by atoms with Crippen molar-refractivity contribution in [1.82, 2.24) is 41.7 Å². The highest BCUT2D eigenvalue weighted by Crippen LogP contribution is 2.26. The highest BCUT2D eigenvalue weighted by atomic mass is 16.4. The van der Waals surface area contributed by atoms with E-state index < -0.39 is 127 Å². The second-order valence-corrected chi connectivity index (χ2v) is 15.2. The van der Waals surface area contributed by atoms with Crippen LogP contribution in [0.4, 0.5) is 0 Å². The monoisotopic (exact) mass is 854 g/mol. The van der Waals surface area contributed by atoms with Crippen LogP contribution in [-0.4, -0.2) is 172 Å². The molecule has 2 aliphatic heterocycles. The van der Waals surface area contributed by atoms with E-state index in [1.165, 1.54) is 30.6 Å². The van der Waals surface area contributed by atoms with Gasteiger partial charge in [-0.3, -0.25) is 43.3 Å². The van der Waals surface area contributed by atoms with Crippen molar-refractivity contribution < 1.29 is 58.5 Å². The molecule has 0 spiro atoms. The van der Waals surface area contributed by atoms with Crippen LogP contribution < -0.4 is 49.1 Å². The number of hydrogen-bond donors (Lipinski definition) is 12. The summed E-state index contributed by atoms with van der Waals surface area (Å²) < 4.78 is 0. The highest BCUT2D eigenvalue weighted by Gasteiger charge is 2.44. The van der Waals surface area contributed by atoms with E-state index in [9.17, 15) is 58.5 Å². The second kappa shape index (κ2) is 23.8. The van der Waals surface area contributed by atoms with E-state index >= 15 is 0 Å². The van der Waals surface area contributed by atoms with E-state index in [1.807, 2.05) is 0 Å². The minimum absolute atomic E-state index is 0.0453. The number of aliphatic carboxylic acids is 1. The van der Waals surface area contributed by atoms with Crippen molar-refractivity contribution in [2.24, 2.45) is 28.1 Å². The zero-order chi connectivity index (χ0) is 45.4. The Morgan fingerprint density at radius 3 is 1.88 bits per heavy atom. The van der Waals surface area contributed by atoms with Gasteiger partial charge in [-0.15, -0.1) is 0 Å². The Bertz CT molecular complexity index is 1600. The van der Waals surface area contributed by atoms with Crippen LogP contribution in [0.3, 0.4) is 0 Å². The van der Waals surface area contributed by atoms with Crippen LogP contribution in [-0.2, 0) is 43.2 Å². The number of likely N-dealkylation sites (tertiary alicyclic amines) is 2. The van der Waals surface area contributed by atoms with E-state index in [-0.39, 0.29) is 51.3 Å². The maximum Gasteiger partial charge on any atom is 0.326 e. The molecule has 2 fully saturated rings. The molecule has 2 aliphatic rings. The number of aliphatic hydroxyl groups excluding tert-OH is 2. The van der Waals surface area contributed by atoms with Gasteiger partial charge in [-0.05, 0) is 65.2 Å². The first-order valence-corrected chi connectivity index (χ1v) is 19.8. The molecule has 0 aromatic rings. The number of rotatable bonds is 22. The van der Waals surface area contributed by atoms with Crippen LogP contribution in [0.25, 0.3) is 0 Å². The Labute approximate surface area is 347 Å². The maximum atomic E-state index is 13.8. The molecule has 0 saturated carbocycles. The molecule has 2 rings (SSSR count). The molecular weight excluding hydrogens is 792 g/mol. The predicted octanol–water partition coefficient (Wildman–Crippen LogP) is -5.96. The highest BCUT2D eigenvalue weighted by molar-refractivity contribution is 5.98. The van der Waals surface area contributed by atoms with Crippen molar-refractivity contribution >= 4 is 59.2 Å². The van der Waals surface area contributed by atoms with Gasteiger partial charge in [0.05, 0.1) is 25.3 Å². The second-order valence-electron chi connectivity index (χ2n) is 15.2. The molecule has 2 heterocycles. The fourth-order valence-electron chi connectivity index (χ4n) is 6.58. The molecule has 8 amide bonds. The smallest absolute Gasteiger partial charge is 0.326 e. The van der Waals surface area contributed by atoms with Crippen molar-refractivity contribution in [3.8, 4) is 0 Å². The summed E-state index contributed by atoms with van der Waals surface area (Å²) >= 11 is 0. The van der Waals surface area contributed by atoms with Gasteiger partial charge in [-0.25, -0.2) is 4.79 Å². The van der Waals surface area contributed by atoms with Gasteiger partial charge >= 0.3 is 5.97 Å². The number of aliphatic imine (C=N–C) groups is 1. The van der Waals surface area contributed by atoms with Crippen molar-refractivity contribution in [2.75, 3.05) is 32.8 Å². The van der Waals surface area contributed by atoms with E-state index in [1.54, 1.807) is 13.8 Å². The average Bonchev–Trinajstić information content (AvgIpc) is 3.88. The number of amides is 8. The summed E-state index contributed by atoms with van der Waals surface area (Å²) in [6.45, 7) is 6.07. The van der Waals surface area contributed by atoms with Crippen molar-refractivity contribution in [2.45, 2.75) is 128 Å². The number of aliphatic hydroxyl groups is 2. The summed E-state index contributed by atoms with van der Waals surface area (Å²) in [6.07, 6.45) is 0.305. The number of carbonyl (C=O) groups excluding carboxylic acids is 8. The van der Waals surface area contributed by atoms with E-state index in [4.69, 9.17) is 17.2 Å². The SMILES string of the molecule is CC(C)[C@H](NC(=O)[C@H](CCCN=C(N)N)NC(=O)[C@H](CO)NC(=O)CNC(=O)[C@H](C)NC(=O)[C@@H]1CCCN1C(=O)[C@@H]1CCCN1C(=O)[C@@H](NC(=O)[C@H](C)N)[C@@H](C)O)C(=O)O. The zero-order valence-corrected chi connectivity index (χ0v) is 34.6. The van der Waals surface area contributed by atoms with Gasteiger partial charge in [0.2, 0.25) is 47.3 Å². The van der Waals surface area contributed by atoms with Gasteiger partial charge in [0.15, 0.2) is 5.96 Å². The van der Waals surface area contributed by atoms with Crippen LogP contribution >= 0.6 is 0 Å². The van der Waals surface area contributed by atoms with Crippen molar-refractivity contribution in [3.63, 3.8) is 0 Å². The molecule has 338 valence electrons. The minimum Gasteiger partial charge on any atom is -0.480 e. The summed E-state index contributed by atoms with van der Waals surface area (Å²) in [6, 6.07) is -9.64. The molecule has 0 aromatic heterocycles. The number of nitrogens with zero attached hydrogens (tertiary/aromatic N) is 3. The normalized spacial score (nSPS) is 19.7. The Morgan fingerprint density at radius 1 is 0.750 bits per heavy atom. The molecule has 15 N–H and O–H groups in total. The summed E-state index contributed by atoms with van der Waals surface area (Å²) in [4.78, 5) is 123. The van der Waals surface area contributed by atoms with Crippen LogP contribution in [0.1, 0.15) is 73.1 Å². The van der Waals surface area contributed by atoms with E-state index in [0.29, 0.717) is 12.8 Å². The first-order chi connectivity index (χ1) is 28.1. The fraction of sp³-hybridized carbons (Fsp3) is 0.722. The average molecular weight is 855 g/mol. The zero-order valence-electron chi connectivity index (χ0n) is 34.6. The number of guanidine groups is 1. The van der Waals surface area contributed by atoms with Gasteiger partial charge in [0.25, 0.3) is 0 Å². The van der Waals surface area contributed by atoms with Gasteiger partial charge in [-0.2, -0.15) is 0 Å². The number of hydrogen-bond acceptors (Lipinski definition) is 13. The molecular formula is C36H62N12O12. The lowest BCUT2D eigenvalue weighted by Crippen LogP contribution is -2.60. The third-order valence-corrected chi connectivity index (χ3v) is 9.94. The summed E-state index contributed by atoms with van der Waals surface area (Å²) in [5.74, 6) is -8.07. The molecule has 24 heteroatoms. The van der Waals surface area contributed by atoms with Crippen LogP contribution in [0.15, 0.2) is 4.99 Å². The van der Waals surface area contributed by atoms with Crippen molar-refractivity contribution in [1.29, 1.82) is 0 Å². The molecule has 0 aromatic carbocycles. The number of carboxylic acids is 1. The van der Waals surface area contributed by atoms with Gasteiger partial charge in [0.1, 0.15) is 42.3 Å². The first kappa shape index (κ1) is 50.5. The Hall–Kier alpha value is -5.62. The molecule has 9 atom stereocenters. The third kappa shape index (κ3) is 14.9. The van der Waals surface area contributed by atoms with Gasteiger partial charge < -0.3 is 74.2 Å². The van der Waals surface area contributed by atoms with Crippen LogP contribution in [0.5, 0.6) is 0 Å². The molecule has 0 bridgehead atoms. The lowest BCUT2D eigenvalue weighted by molar-refractivity contribution is -0.149. The predicted molar refractivity (Wildman–Crippen MR) is 213 cm³/mol. The maximum absolute atomic E-state index is 13.8. The molecule has 24 nitrogen and oxygen atoms in total.